The fourth-order valence-electron chi connectivity index (χ4n) is 2.15. The van der Waals surface area contributed by atoms with Crippen LogP contribution in [0.5, 0.6) is 0 Å². The van der Waals surface area contributed by atoms with Gasteiger partial charge in [0.25, 0.3) is 0 Å². The van der Waals surface area contributed by atoms with Crippen molar-refractivity contribution in [1.29, 1.82) is 0 Å². The van der Waals surface area contributed by atoms with E-state index in [-0.39, 0.29) is 17.3 Å². The van der Waals surface area contributed by atoms with Gasteiger partial charge < -0.3 is 9.90 Å². The number of aliphatic hydroxyl groups excluding tert-OH is 1. The van der Waals surface area contributed by atoms with Crippen molar-refractivity contribution in [2.45, 2.75) is 52.6 Å². The molecule has 80 valence electrons. The van der Waals surface area contributed by atoms with E-state index in [9.17, 15) is 9.90 Å². The summed E-state index contributed by atoms with van der Waals surface area (Å²) in [7, 11) is 0. The number of carbonyl (C=O) groups is 1. The highest BCUT2D eigenvalue weighted by atomic mass is 16.3. The van der Waals surface area contributed by atoms with Crippen molar-refractivity contribution in [1.82, 2.24) is 0 Å². The van der Waals surface area contributed by atoms with E-state index in [1.165, 1.54) is 5.57 Å². The first kappa shape index (κ1) is 11.4. The first-order valence-electron chi connectivity index (χ1n) is 5.26. The van der Waals surface area contributed by atoms with E-state index in [0.29, 0.717) is 6.42 Å². The molecule has 0 aromatic rings. The van der Waals surface area contributed by atoms with Crippen LogP contribution in [0.1, 0.15) is 46.5 Å². The van der Waals surface area contributed by atoms with Gasteiger partial charge in [-0.05, 0) is 31.6 Å². The zero-order chi connectivity index (χ0) is 10.8. The number of hydrogen-bond donors (Lipinski definition) is 1. The third-order valence-corrected chi connectivity index (χ3v) is 2.69. The van der Waals surface area contributed by atoms with Crippen LogP contribution in [-0.4, -0.2) is 17.0 Å². The SMILES string of the molecule is CC(=O)CCC1=CC(O)CC(C)(C)C1. The molecule has 1 aliphatic rings. The van der Waals surface area contributed by atoms with E-state index in [0.717, 1.165) is 19.3 Å². The molecule has 14 heavy (non-hydrogen) atoms. The molecule has 0 spiro atoms. The van der Waals surface area contributed by atoms with Crippen LogP contribution in [0.4, 0.5) is 0 Å². The number of ketones is 1. The van der Waals surface area contributed by atoms with Gasteiger partial charge in [-0.2, -0.15) is 0 Å². The smallest absolute Gasteiger partial charge is 0.130 e. The summed E-state index contributed by atoms with van der Waals surface area (Å²) in [6, 6.07) is 0. The number of aliphatic hydroxyl groups is 1. The van der Waals surface area contributed by atoms with Crippen LogP contribution in [-0.2, 0) is 4.79 Å². The van der Waals surface area contributed by atoms with E-state index < -0.39 is 0 Å². The first-order valence-corrected chi connectivity index (χ1v) is 5.26. The normalized spacial score (nSPS) is 25.7. The predicted molar refractivity (Wildman–Crippen MR) is 57.0 cm³/mol. The molecule has 1 atom stereocenters. The van der Waals surface area contributed by atoms with Crippen molar-refractivity contribution < 1.29 is 9.90 Å². The lowest BCUT2D eigenvalue weighted by atomic mass is 9.75. The van der Waals surface area contributed by atoms with E-state index in [1.807, 2.05) is 6.08 Å². The highest BCUT2D eigenvalue weighted by Gasteiger charge is 2.27. The van der Waals surface area contributed by atoms with E-state index in [1.54, 1.807) is 6.92 Å². The van der Waals surface area contributed by atoms with Crippen molar-refractivity contribution in [3.05, 3.63) is 11.6 Å². The summed E-state index contributed by atoms with van der Waals surface area (Å²) in [4.78, 5) is 10.8. The van der Waals surface area contributed by atoms with Crippen LogP contribution in [0, 0.1) is 5.41 Å². The zero-order valence-electron chi connectivity index (χ0n) is 9.34. The lowest BCUT2D eigenvalue weighted by Crippen LogP contribution is -2.25. The number of Topliss-reactive ketones (excluding diaryl/α,β-unsaturated/α-hetero) is 1. The van der Waals surface area contributed by atoms with Crippen molar-refractivity contribution in [3.8, 4) is 0 Å². The molecular weight excluding hydrogens is 176 g/mol. The van der Waals surface area contributed by atoms with Gasteiger partial charge in [-0.25, -0.2) is 0 Å². The minimum Gasteiger partial charge on any atom is -0.389 e. The highest BCUT2D eigenvalue weighted by Crippen LogP contribution is 2.36. The van der Waals surface area contributed by atoms with Gasteiger partial charge in [0.05, 0.1) is 6.10 Å². The van der Waals surface area contributed by atoms with Gasteiger partial charge in [0.15, 0.2) is 0 Å². The van der Waals surface area contributed by atoms with Crippen molar-refractivity contribution in [2.75, 3.05) is 0 Å². The summed E-state index contributed by atoms with van der Waals surface area (Å²) in [5.74, 6) is 0.226. The third kappa shape index (κ3) is 3.62. The molecule has 0 fully saturated rings. The van der Waals surface area contributed by atoms with Crippen LogP contribution >= 0.6 is 0 Å². The minimum absolute atomic E-state index is 0.181. The second kappa shape index (κ2) is 4.26. The molecule has 0 bridgehead atoms. The van der Waals surface area contributed by atoms with Gasteiger partial charge in [0, 0.05) is 6.42 Å². The molecule has 0 saturated heterocycles. The van der Waals surface area contributed by atoms with Crippen LogP contribution < -0.4 is 0 Å². The predicted octanol–water partition coefficient (Wildman–Crippen LogP) is 2.46. The molecular formula is C12H20O2. The molecule has 0 radical (unpaired) electrons. The molecule has 0 aliphatic heterocycles. The standard InChI is InChI=1S/C12H20O2/c1-9(13)4-5-10-6-11(14)8-12(2,3)7-10/h6,11,14H,4-5,7-8H2,1-3H3. The monoisotopic (exact) mass is 196 g/mol. The Morgan fingerprint density at radius 3 is 2.79 bits per heavy atom. The van der Waals surface area contributed by atoms with Gasteiger partial charge >= 0.3 is 0 Å². The van der Waals surface area contributed by atoms with Gasteiger partial charge in [-0.3, -0.25) is 0 Å². The molecule has 0 amide bonds. The molecule has 1 N–H and O–H groups in total. The Balaban J connectivity index is 2.56. The maximum atomic E-state index is 10.8. The zero-order valence-corrected chi connectivity index (χ0v) is 9.34. The van der Waals surface area contributed by atoms with Gasteiger partial charge in [0.1, 0.15) is 5.78 Å². The van der Waals surface area contributed by atoms with Crippen LogP contribution in [0.25, 0.3) is 0 Å². The van der Waals surface area contributed by atoms with E-state index in [2.05, 4.69) is 13.8 Å². The van der Waals surface area contributed by atoms with Crippen LogP contribution in [0.2, 0.25) is 0 Å². The van der Waals surface area contributed by atoms with Gasteiger partial charge in [0.2, 0.25) is 0 Å². The Hall–Kier alpha value is -0.630. The summed E-state index contributed by atoms with van der Waals surface area (Å²) in [5, 5.41) is 9.62. The molecule has 1 unspecified atom stereocenters. The second-order valence-corrected chi connectivity index (χ2v) is 5.14. The minimum atomic E-state index is -0.319. The molecule has 0 aromatic heterocycles. The maximum Gasteiger partial charge on any atom is 0.130 e. The summed E-state index contributed by atoms with van der Waals surface area (Å²) in [5.41, 5.74) is 1.42. The largest absolute Gasteiger partial charge is 0.389 e. The van der Waals surface area contributed by atoms with Crippen molar-refractivity contribution >= 4 is 5.78 Å². The number of rotatable bonds is 3. The van der Waals surface area contributed by atoms with E-state index >= 15 is 0 Å². The summed E-state index contributed by atoms with van der Waals surface area (Å²) in [6.07, 6.45) is 4.87. The number of carbonyl (C=O) groups excluding carboxylic acids is 1. The molecule has 0 saturated carbocycles. The quantitative estimate of drug-likeness (QED) is 0.704. The highest BCUT2D eigenvalue weighted by molar-refractivity contribution is 5.75. The molecule has 2 nitrogen and oxygen atoms in total. The van der Waals surface area contributed by atoms with Crippen molar-refractivity contribution in [3.63, 3.8) is 0 Å². The van der Waals surface area contributed by atoms with E-state index in [4.69, 9.17) is 0 Å². The lowest BCUT2D eigenvalue weighted by Gasteiger charge is -2.32. The molecule has 1 rings (SSSR count). The fraction of sp³-hybridized carbons (Fsp3) is 0.750. The van der Waals surface area contributed by atoms with Crippen LogP contribution in [0.15, 0.2) is 11.6 Å². The van der Waals surface area contributed by atoms with Gasteiger partial charge in [-0.15, -0.1) is 0 Å². The Morgan fingerprint density at radius 2 is 2.29 bits per heavy atom. The fourth-order valence-corrected chi connectivity index (χ4v) is 2.15. The number of allylic oxidation sites excluding steroid dienone is 1. The number of hydrogen-bond acceptors (Lipinski definition) is 2. The molecule has 1 aliphatic carbocycles. The van der Waals surface area contributed by atoms with Crippen LogP contribution in [0.3, 0.4) is 0 Å². The Bertz CT molecular complexity index is 251. The third-order valence-electron chi connectivity index (χ3n) is 2.69. The Labute approximate surface area is 86.0 Å². The molecule has 0 aromatic carbocycles. The Morgan fingerprint density at radius 1 is 1.64 bits per heavy atom. The van der Waals surface area contributed by atoms with Gasteiger partial charge in [-0.1, -0.05) is 25.5 Å². The summed E-state index contributed by atoms with van der Waals surface area (Å²) < 4.78 is 0. The first-order chi connectivity index (χ1) is 6.39. The molecule has 2 heteroatoms. The Kier molecular flexibility index (Phi) is 3.48. The van der Waals surface area contributed by atoms with Crippen molar-refractivity contribution in [2.24, 2.45) is 5.41 Å². The summed E-state index contributed by atoms with van der Waals surface area (Å²) >= 11 is 0. The second-order valence-electron chi connectivity index (χ2n) is 5.14. The maximum absolute atomic E-state index is 10.8. The average molecular weight is 196 g/mol. The molecule has 0 heterocycles. The summed E-state index contributed by atoms with van der Waals surface area (Å²) in [6.45, 7) is 5.94. The topological polar surface area (TPSA) is 37.3 Å². The average Bonchev–Trinajstić information content (AvgIpc) is 1.96. The lowest BCUT2D eigenvalue weighted by molar-refractivity contribution is -0.117.